The number of hydrogen-bond donors (Lipinski definition) is 0. The molecule has 2 heterocycles. The van der Waals surface area contributed by atoms with Crippen LogP contribution in [0.5, 0.6) is 0 Å². The standard InChI is InChI=1S/C53H35N5/c1-5-18-38(19-6-1)47-35-48(55-50(54-47)40-20-7-2-8-21-40)45-28-16-15-26-43(45)37-29-31-39(32-30-37)49-44-27-14-13-17-36(44)33-34-46(49)53-57-51(41-22-9-3-10-23-41)56-52(58-53)42-24-11-4-12-25-42/h1-35H. The lowest BCUT2D eigenvalue weighted by Crippen LogP contribution is -2.01. The van der Waals surface area contributed by atoms with Crippen LogP contribution in [0.3, 0.4) is 0 Å². The van der Waals surface area contributed by atoms with Crippen molar-refractivity contribution in [2.24, 2.45) is 0 Å². The average Bonchev–Trinajstić information content (AvgIpc) is 3.32. The zero-order valence-electron chi connectivity index (χ0n) is 31.4. The van der Waals surface area contributed by atoms with Gasteiger partial charge in [-0.1, -0.05) is 200 Å². The quantitative estimate of drug-likeness (QED) is 0.155. The minimum atomic E-state index is 0.620. The molecule has 0 atom stereocenters. The Morgan fingerprint density at radius 1 is 0.241 bits per heavy atom. The Kier molecular flexibility index (Phi) is 9.14. The molecular weight excluding hydrogens is 707 g/mol. The van der Waals surface area contributed by atoms with Gasteiger partial charge in [-0.05, 0) is 39.6 Å². The number of hydrogen-bond acceptors (Lipinski definition) is 5. The highest BCUT2D eigenvalue weighted by molar-refractivity contribution is 6.03. The molecule has 0 fully saturated rings. The second-order valence-electron chi connectivity index (χ2n) is 14.1. The van der Waals surface area contributed by atoms with Gasteiger partial charge in [0.15, 0.2) is 23.3 Å². The Morgan fingerprint density at radius 2 is 0.690 bits per heavy atom. The Morgan fingerprint density at radius 3 is 1.29 bits per heavy atom. The van der Waals surface area contributed by atoms with Gasteiger partial charge in [-0.3, -0.25) is 0 Å². The van der Waals surface area contributed by atoms with Gasteiger partial charge in [-0.15, -0.1) is 0 Å². The van der Waals surface area contributed by atoms with E-state index in [0.29, 0.717) is 23.3 Å². The zero-order chi connectivity index (χ0) is 38.7. The summed E-state index contributed by atoms with van der Waals surface area (Å²) in [6, 6.07) is 72.9. The molecule has 5 heteroatoms. The first-order chi connectivity index (χ1) is 28.7. The van der Waals surface area contributed by atoms with Crippen molar-refractivity contribution >= 4 is 10.8 Å². The van der Waals surface area contributed by atoms with Gasteiger partial charge in [0.25, 0.3) is 0 Å². The smallest absolute Gasteiger partial charge is 0.164 e. The highest BCUT2D eigenvalue weighted by atomic mass is 15.0. The summed E-state index contributed by atoms with van der Waals surface area (Å²) < 4.78 is 0. The second kappa shape index (κ2) is 15.3. The third-order valence-electron chi connectivity index (χ3n) is 10.4. The fourth-order valence-corrected chi connectivity index (χ4v) is 7.53. The largest absolute Gasteiger partial charge is 0.228 e. The highest BCUT2D eigenvalue weighted by Crippen LogP contribution is 2.40. The molecule has 10 aromatic rings. The van der Waals surface area contributed by atoms with Crippen LogP contribution < -0.4 is 0 Å². The molecule has 0 saturated heterocycles. The summed E-state index contributed by atoms with van der Waals surface area (Å²) in [7, 11) is 0. The van der Waals surface area contributed by atoms with Gasteiger partial charge in [0.05, 0.1) is 11.4 Å². The fourth-order valence-electron chi connectivity index (χ4n) is 7.53. The lowest BCUT2D eigenvalue weighted by atomic mass is 9.90. The van der Waals surface area contributed by atoms with E-state index in [9.17, 15) is 0 Å². The number of aromatic nitrogens is 5. The van der Waals surface area contributed by atoms with Gasteiger partial charge in [0.2, 0.25) is 0 Å². The van der Waals surface area contributed by atoms with E-state index in [-0.39, 0.29) is 0 Å². The van der Waals surface area contributed by atoms with Gasteiger partial charge in [0.1, 0.15) is 0 Å². The van der Waals surface area contributed by atoms with Crippen molar-refractivity contribution in [3.63, 3.8) is 0 Å². The van der Waals surface area contributed by atoms with E-state index in [2.05, 4.69) is 115 Å². The van der Waals surface area contributed by atoms with E-state index in [0.717, 1.165) is 77.8 Å². The van der Waals surface area contributed by atoms with E-state index in [4.69, 9.17) is 24.9 Å². The van der Waals surface area contributed by atoms with E-state index in [1.54, 1.807) is 0 Å². The Bertz CT molecular complexity index is 2910. The van der Waals surface area contributed by atoms with Crippen molar-refractivity contribution < 1.29 is 0 Å². The normalized spacial score (nSPS) is 11.1. The summed E-state index contributed by atoms with van der Waals surface area (Å²) in [5.74, 6) is 2.57. The van der Waals surface area contributed by atoms with Crippen molar-refractivity contribution in [3.8, 4) is 90.3 Å². The molecule has 272 valence electrons. The maximum atomic E-state index is 5.16. The van der Waals surface area contributed by atoms with Gasteiger partial charge in [-0.2, -0.15) is 0 Å². The van der Waals surface area contributed by atoms with E-state index >= 15 is 0 Å². The third kappa shape index (κ3) is 6.82. The summed E-state index contributed by atoms with van der Waals surface area (Å²) >= 11 is 0. The van der Waals surface area contributed by atoms with Crippen LogP contribution in [0.1, 0.15) is 0 Å². The summed E-state index contributed by atoms with van der Waals surface area (Å²) in [6.45, 7) is 0. The van der Waals surface area contributed by atoms with Crippen molar-refractivity contribution in [1.29, 1.82) is 0 Å². The Labute approximate surface area is 337 Å². The van der Waals surface area contributed by atoms with Crippen LogP contribution >= 0.6 is 0 Å². The first-order valence-electron chi connectivity index (χ1n) is 19.3. The summed E-state index contributed by atoms with van der Waals surface area (Å²) in [5.41, 5.74) is 11.9. The number of nitrogens with zero attached hydrogens (tertiary/aromatic N) is 5. The first kappa shape index (κ1) is 34.6. The molecule has 5 nitrogen and oxygen atoms in total. The van der Waals surface area contributed by atoms with Crippen molar-refractivity contribution in [2.45, 2.75) is 0 Å². The molecule has 58 heavy (non-hydrogen) atoms. The van der Waals surface area contributed by atoms with Gasteiger partial charge >= 0.3 is 0 Å². The van der Waals surface area contributed by atoms with Crippen LogP contribution in [-0.4, -0.2) is 24.9 Å². The van der Waals surface area contributed by atoms with Crippen LogP contribution in [-0.2, 0) is 0 Å². The van der Waals surface area contributed by atoms with Gasteiger partial charge in [-0.25, -0.2) is 24.9 Å². The van der Waals surface area contributed by atoms with E-state index in [1.807, 2.05) is 97.1 Å². The maximum Gasteiger partial charge on any atom is 0.164 e. The summed E-state index contributed by atoms with van der Waals surface area (Å²) in [4.78, 5) is 25.4. The molecule has 0 aliphatic carbocycles. The Balaban J connectivity index is 1.11. The lowest BCUT2D eigenvalue weighted by molar-refractivity contribution is 1.07. The van der Waals surface area contributed by atoms with Gasteiger partial charge < -0.3 is 0 Å². The topological polar surface area (TPSA) is 64.5 Å². The first-order valence-corrected chi connectivity index (χ1v) is 19.3. The highest BCUT2D eigenvalue weighted by Gasteiger charge is 2.19. The minimum Gasteiger partial charge on any atom is -0.228 e. The SMILES string of the molecule is c1ccc(-c2cc(-c3ccccc3-c3ccc(-c4c(-c5nc(-c6ccccc6)nc(-c6ccccc6)n5)ccc5ccccc45)cc3)nc(-c3ccccc3)n2)cc1. The predicted molar refractivity (Wildman–Crippen MR) is 236 cm³/mol. The third-order valence-corrected chi connectivity index (χ3v) is 10.4. The van der Waals surface area contributed by atoms with E-state index < -0.39 is 0 Å². The maximum absolute atomic E-state index is 5.16. The molecule has 0 saturated carbocycles. The number of rotatable bonds is 8. The van der Waals surface area contributed by atoms with Crippen molar-refractivity contribution in [2.75, 3.05) is 0 Å². The molecule has 0 amide bonds. The minimum absolute atomic E-state index is 0.620. The van der Waals surface area contributed by atoms with Gasteiger partial charge in [0, 0.05) is 38.9 Å². The molecule has 0 aliphatic rings. The van der Waals surface area contributed by atoms with E-state index in [1.165, 1.54) is 0 Å². The van der Waals surface area contributed by atoms with Crippen LogP contribution in [0.25, 0.3) is 101 Å². The van der Waals surface area contributed by atoms with Crippen molar-refractivity contribution in [3.05, 3.63) is 212 Å². The number of fused-ring (bicyclic) bond motifs is 1. The van der Waals surface area contributed by atoms with Crippen molar-refractivity contribution in [1.82, 2.24) is 24.9 Å². The lowest BCUT2D eigenvalue weighted by Gasteiger charge is -2.16. The number of benzene rings is 8. The molecule has 0 spiro atoms. The monoisotopic (exact) mass is 741 g/mol. The molecule has 0 aliphatic heterocycles. The molecule has 0 N–H and O–H groups in total. The molecule has 10 rings (SSSR count). The van der Waals surface area contributed by atoms with Crippen LogP contribution in [0, 0.1) is 0 Å². The molecule has 0 unspecified atom stereocenters. The molecule has 0 radical (unpaired) electrons. The molecule has 0 bridgehead atoms. The van der Waals surface area contributed by atoms with Crippen LogP contribution in [0.4, 0.5) is 0 Å². The van der Waals surface area contributed by atoms with Crippen LogP contribution in [0.2, 0.25) is 0 Å². The zero-order valence-corrected chi connectivity index (χ0v) is 31.4. The molecule has 8 aromatic carbocycles. The molecule has 2 aromatic heterocycles. The predicted octanol–water partition coefficient (Wildman–Crippen LogP) is 13.2. The molecular formula is C53H35N5. The van der Waals surface area contributed by atoms with Crippen LogP contribution in [0.15, 0.2) is 212 Å². The second-order valence-corrected chi connectivity index (χ2v) is 14.1. The summed E-state index contributed by atoms with van der Waals surface area (Å²) in [5, 5.41) is 2.27. The Hall–Kier alpha value is -7.89. The fraction of sp³-hybridized carbons (Fsp3) is 0. The summed E-state index contributed by atoms with van der Waals surface area (Å²) in [6.07, 6.45) is 0. The average molecular weight is 742 g/mol.